The van der Waals surface area contributed by atoms with Crippen molar-refractivity contribution in [2.24, 2.45) is 11.8 Å². The van der Waals surface area contributed by atoms with Crippen LogP contribution in [0.15, 0.2) is 24.3 Å². The Kier molecular flexibility index (Phi) is 5.91. The summed E-state index contributed by atoms with van der Waals surface area (Å²) in [6.45, 7) is 1.76. The SMILES string of the molecule is Cl.O=C(NC(c1ccc(Cl)cc1)C1CCC1)C1CCNC1. The molecule has 2 N–H and O–H groups in total. The molecule has 1 saturated carbocycles. The number of amides is 1. The van der Waals surface area contributed by atoms with Crippen LogP contribution in [0, 0.1) is 11.8 Å². The highest BCUT2D eigenvalue weighted by Gasteiger charge is 2.32. The lowest BCUT2D eigenvalue weighted by molar-refractivity contribution is -0.125. The molecule has 1 heterocycles. The van der Waals surface area contributed by atoms with Gasteiger partial charge in [-0.2, -0.15) is 0 Å². The zero-order chi connectivity index (χ0) is 13.9. The van der Waals surface area contributed by atoms with Crippen molar-refractivity contribution >= 4 is 29.9 Å². The van der Waals surface area contributed by atoms with E-state index in [4.69, 9.17) is 11.6 Å². The largest absolute Gasteiger partial charge is 0.349 e. The number of carbonyl (C=O) groups excluding carboxylic acids is 1. The zero-order valence-corrected chi connectivity index (χ0v) is 13.6. The van der Waals surface area contributed by atoms with Crippen molar-refractivity contribution in [1.29, 1.82) is 0 Å². The predicted molar refractivity (Wildman–Crippen MR) is 87.9 cm³/mol. The Morgan fingerprint density at radius 1 is 1.24 bits per heavy atom. The maximum atomic E-state index is 12.4. The van der Waals surface area contributed by atoms with Crippen molar-refractivity contribution < 1.29 is 4.79 Å². The van der Waals surface area contributed by atoms with Crippen molar-refractivity contribution in [2.45, 2.75) is 31.7 Å². The molecule has 3 rings (SSSR count). The molecule has 1 amide bonds. The second-order valence-corrected chi connectivity index (χ2v) is 6.35. The average molecular weight is 329 g/mol. The number of carbonyl (C=O) groups is 1. The molecule has 1 aromatic carbocycles. The molecule has 1 saturated heterocycles. The first-order chi connectivity index (χ1) is 9.74. The third-order valence-corrected chi connectivity index (χ3v) is 4.83. The van der Waals surface area contributed by atoms with Crippen LogP contribution in [-0.4, -0.2) is 19.0 Å². The smallest absolute Gasteiger partial charge is 0.224 e. The lowest BCUT2D eigenvalue weighted by Gasteiger charge is -2.35. The molecule has 0 aromatic heterocycles. The Balaban J connectivity index is 0.00000161. The summed E-state index contributed by atoms with van der Waals surface area (Å²) in [6.07, 6.45) is 4.63. The minimum atomic E-state index is 0. The molecule has 0 bridgehead atoms. The molecule has 21 heavy (non-hydrogen) atoms. The Bertz CT molecular complexity index is 468. The fourth-order valence-electron chi connectivity index (χ4n) is 3.07. The topological polar surface area (TPSA) is 41.1 Å². The van der Waals surface area contributed by atoms with E-state index in [-0.39, 0.29) is 30.3 Å². The molecule has 0 spiro atoms. The van der Waals surface area contributed by atoms with Gasteiger partial charge in [0.15, 0.2) is 0 Å². The van der Waals surface area contributed by atoms with Gasteiger partial charge < -0.3 is 10.6 Å². The quantitative estimate of drug-likeness (QED) is 0.890. The van der Waals surface area contributed by atoms with Crippen LogP contribution in [-0.2, 0) is 4.79 Å². The molecular weight excluding hydrogens is 307 g/mol. The summed E-state index contributed by atoms with van der Waals surface area (Å²) < 4.78 is 0. The molecule has 1 aromatic rings. The standard InChI is InChI=1S/C16H21ClN2O.ClH/c17-14-6-4-12(5-7-14)15(11-2-1-3-11)19-16(20)13-8-9-18-10-13;/h4-7,11,13,15,18H,1-3,8-10H2,(H,19,20);1H. The third-order valence-electron chi connectivity index (χ3n) is 4.58. The van der Waals surface area contributed by atoms with E-state index in [1.165, 1.54) is 24.8 Å². The van der Waals surface area contributed by atoms with E-state index in [0.717, 1.165) is 24.5 Å². The van der Waals surface area contributed by atoms with Gasteiger partial charge in [0, 0.05) is 11.6 Å². The fraction of sp³-hybridized carbons (Fsp3) is 0.562. The number of nitrogens with one attached hydrogen (secondary N) is 2. The van der Waals surface area contributed by atoms with Gasteiger partial charge in [-0.1, -0.05) is 30.2 Å². The maximum absolute atomic E-state index is 12.4. The number of hydrogen-bond acceptors (Lipinski definition) is 2. The summed E-state index contributed by atoms with van der Waals surface area (Å²) in [4.78, 5) is 12.4. The van der Waals surface area contributed by atoms with Crippen molar-refractivity contribution in [3.8, 4) is 0 Å². The highest BCUT2D eigenvalue weighted by molar-refractivity contribution is 6.30. The molecular formula is C16H22Cl2N2O. The fourth-order valence-corrected chi connectivity index (χ4v) is 3.19. The minimum absolute atomic E-state index is 0. The van der Waals surface area contributed by atoms with Gasteiger partial charge in [0.2, 0.25) is 5.91 Å². The minimum Gasteiger partial charge on any atom is -0.349 e. The maximum Gasteiger partial charge on any atom is 0.224 e. The molecule has 1 aliphatic heterocycles. The van der Waals surface area contributed by atoms with Crippen LogP contribution < -0.4 is 10.6 Å². The van der Waals surface area contributed by atoms with Gasteiger partial charge in [-0.3, -0.25) is 4.79 Å². The average Bonchev–Trinajstić information content (AvgIpc) is 2.90. The highest BCUT2D eigenvalue weighted by Crippen LogP contribution is 2.38. The van der Waals surface area contributed by atoms with E-state index >= 15 is 0 Å². The second-order valence-electron chi connectivity index (χ2n) is 5.92. The summed E-state index contributed by atoms with van der Waals surface area (Å²) >= 11 is 5.96. The highest BCUT2D eigenvalue weighted by atomic mass is 35.5. The molecule has 5 heteroatoms. The van der Waals surface area contributed by atoms with E-state index in [1.54, 1.807) is 0 Å². The van der Waals surface area contributed by atoms with Gasteiger partial charge in [-0.15, -0.1) is 12.4 Å². The number of halogens is 2. The van der Waals surface area contributed by atoms with Gasteiger partial charge in [-0.05, 0) is 49.4 Å². The van der Waals surface area contributed by atoms with Gasteiger partial charge >= 0.3 is 0 Å². The summed E-state index contributed by atoms with van der Waals surface area (Å²) in [5, 5.41) is 7.27. The number of benzene rings is 1. The summed E-state index contributed by atoms with van der Waals surface area (Å²) in [5.74, 6) is 0.904. The van der Waals surface area contributed by atoms with Crippen LogP contribution in [0.25, 0.3) is 0 Å². The molecule has 2 unspecified atom stereocenters. The van der Waals surface area contributed by atoms with E-state index < -0.39 is 0 Å². The van der Waals surface area contributed by atoms with Crippen LogP contribution in [0.1, 0.15) is 37.3 Å². The lowest BCUT2D eigenvalue weighted by atomic mass is 9.77. The second kappa shape index (κ2) is 7.48. The molecule has 2 atom stereocenters. The first-order valence-electron chi connectivity index (χ1n) is 7.50. The molecule has 0 radical (unpaired) electrons. The summed E-state index contributed by atoms with van der Waals surface area (Å²) in [5.41, 5.74) is 1.18. The van der Waals surface area contributed by atoms with E-state index in [9.17, 15) is 4.79 Å². The predicted octanol–water partition coefficient (Wildman–Crippen LogP) is 3.33. The van der Waals surface area contributed by atoms with Gasteiger partial charge in [0.05, 0.1) is 12.0 Å². The monoisotopic (exact) mass is 328 g/mol. The number of hydrogen-bond donors (Lipinski definition) is 2. The lowest BCUT2D eigenvalue weighted by Crippen LogP contribution is -2.40. The van der Waals surface area contributed by atoms with Gasteiger partial charge in [-0.25, -0.2) is 0 Å². The third kappa shape index (κ3) is 3.91. The van der Waals surface area contributed by atoms with Crippen LogP contribution in [0.2, 0.25) is 5.02 Å². The van der Waals surface area contributed by atoms with Gasteiger partial charge in [0.1, 0.15) is 0 Å². The van der Waals surface area contributed by atoms with Crippen LogP contribution in [0.4, 0.5) is 0 Å². The van der Waals surface area contributed by atoms with Crippen molar-refractivity contribution in [2.75, 3.05) is 13.1 Å². The Labute approximate surface area is 137 Å². The van der Waals surface area contributed by atoms with E-state index in [1.807, 2.05) is 24.3 Å². The van der Waals surface area contributed by atoms with Crippen molar-refractivity contribution in [3.05, 3.63) is 34.9 Å². The first-order valence-corrected chi connectivity index (χ1v) is 7.88. The molecule has 1 aliphatic carbocycles. The number of rotatable bonds is 4. The summed E-state index contributed by atoms with van der Waals surface area (Å²) in [7, 11) is 0. The van der Waals surface area contributed by atoms with Crippen molar-refractivity contribution in [1.82, 2.24) is 10.6 Å². The Morgan fingerprint density at radius 3 is 2.48 bits per heavy atom. The van der Waals surface area contributed by atoms with Crippen LogP contribution >= 0.6 is 24.0 Å². The van der Waals surface area contributed by atoms with Gasteiger partial charge in [0.25, 0.3) is 0 Å². The van der Waals surface area contributed by atoms with E-state index in [0.29, 0.717) is 5.92 Å². The zero-order valence-electron chi connectivity index (χ0n) is 12.0. The Hall–Kier alpha value is -0.770. The van der Waals surface area contributed by atoms with Crippen molar-refractivity contribution in [3.63, 3.8) is 0 Å². The molecule has 2 fully saturated rings. The van der Waals surface area contributed by atoms with Crippen LogP contribution in [0.3, 0.4) is 0 Å². The molecule has 3 nitrogen and oxygen atoms in total. The first kappa shape index (κ1) is 16.6. The van der Waals surface area contributed by atoms with E-state index in [2.05, 4.69) is 10.6 Å². The Morgan fingerprint density at radius 2 is 1.95 bits per heavy atom. The molecule has 116 valence electrons. The summed E-state index contributed by atoms with van der Waals surface area (Å²) in [6, 6.07) is 8.04. The molecule has 2 aliphatic rings. The normalized spacial score (nSPS) is 23.0. The van der Waals surface area contributed by atoms with Crippen LogP contribution in [0.5, 0.6) is 0 Å².